The molecule has 0 heterocycles. The minimum absolute atomic E-state index is 0.0457. The summed E-state index contributed by atoms with van der Waals surface area (Å²) in [5.41, 5.74) is 0. The smallest absolute Gasteiger partial charge is 0.131 e. The number of rotatable bonds is 8. The van der Waals surface area contributed by atoms with Crippen molar-refractivity contribution < 1.29 is 35.1 Å². The lowest BCUT2D eigenvalue weighted by molar-refractivity contribution is 0.267. The molecule has 0 aliphatic heterocycles. The highest BCUT2D eigenvalue weighted by Gasteiger charge is 2.49. The molecule has 2 aliphatic rings. The summed E-state index contributed by atoms with van der Waals surface area (Å²) in [7, 11) is -3.84. The molecule has 0 saturated heterocycles. The van der Waals surface area contributed by atoms with E-state index in [0.29, 0.717) is 0 Å². The lowest BCUT2D eigenvalue weighted by atomic mass is 9.81. The van der Waals surface area contributed by atoms with Crippen LogP contribution in [0.15, 0.2) is 72.8 Å². The minimum Gasteiger partial charge on any atom is -0.207 e. The van der Waals surface area contributed by atoms with E-state index >= 15 is 17.6 Å². The third kappa shape index (κ3) is 6.11. The Morgan fingerprint density at radius 1 is 0.442 bits per heavy atom. The van der Waals surface area contributed by atoms with Crippen LogP contribution in [-0.4, -0.2) is 12.3 Å². The second-order valence-electron chi connectivity index (χ2n) is 11.3. The lowest BCUT2D eigenvalue weighted by Crippen LogP contribution is -2.33. The molecule has 0 spiro atoms. The summed E-state index contributed by atoms with van der Waals surface area (Å²) in [4.78, 5) is 0. The van der Waals surface area contributed by atoms with Gasteiger partial charge in [-0.15, -0.1) is 0 Å². The molecule has 43 heavy (non-hydrogen) atoms. The van der Waals surface area contributed by atoms with E-state index in [4.69, 9.17) is 0 Å². The Balaban J connectivity index is 1.43. The first-order valence-electron chi connectivity index (χ1n) is 13.9. The van der Waals surface area contributed by atoms with Gasteiger partial charge in [-0.3, -0.25) is 0 Å². The molecule has 4 aromatic carbocycles. The van der Waals surface area contributed by atoms with Gasteiger partial charge in [0.15, 0.2) is 0 Å². The zero-order chi connectivity index (χ0) is 30.4. The summed E-state index contributed by atoms with van der Waals surface area (Å²) in [6.45, 7) is 0. The maximum absolute atomic E-state index is 15.2. The van der Waals surface area contributed by atoms with Gasteiger partial charge < -0.3 is 0 Å². The molecule has 6 rings (SSSR count). The summed E-state index contributed by atoms with van der Waals surface area (Å²) in [5.74, 6) is -5.93. The van der Waals surface area contributed by atoms with Crippen LogP contribution in [0.2, 0.25) is 0 Å². The molecule has 4 aromatic rings. The van der Waals surface area contributed by atoms with Crippen molar-refractivity contribution in [3.05, 3.63) is 119 Å². The standard InChI is InChI=1S/C33H26F8P2/c34-20-3-7-26(38)30(12-20)42(31-13-21(35)4-8-27(31)39)16-24-18-1-2-19(11-18)25(24)17-43(32-14-22(36)5-9-28(32)40)33-15-23(37)6-10-29(33)41/h3-10,12-15,18-19,24-25H,1-2,11,16-17H2. The average Bonchev–Trinajstić information content (AvgIpc) is 3.58. The van der Waals surface area contributed by atoms with E-state index in [-0.39, 0.29) is 57.2 Å². The maximum atomic E-state index is 15.2. The Bertz CT molecular complexity index is 1440. The van der Waals surface area contributed by atoms with Crippen LogP contribution in [0.3, 0.4) is 0 Å². The van der Waals surface area contributed by atoms with Gasteiger partial charge in [-0.05, 0) is 144 Å². The third-order valence-electron chi connectivity index (χ3n) is 8.86. The molecule has 0 N–H and O–H groups in total. The van der Waals surface area contributed by atoms with Crippen LogP contribution in [0.5, 0.6) is 0 Å². The van der Waals surface area contributed by atoms with Crippen LogP contribution < -0.4 is 21.2 Å². The van der Waals surface area contributed by atoms with Gasteiger partial charge >= 0.3 is 0 Å². The molecule has 0 nitrogen and oxygen atoms in total. The molecule has 0 aromatic heterocycles. The van der Waals surface area contributed by atoms with Crippen LogP contribution in [0.1, 0.15) is 19.3 Å². The van der Waals surface area contributed by atoms with Crippen LogP contribution >= 0.6 is 15.8 Å². The third-order valence-corrected chi connectivity index (χ3v) is 14.1. The Hall–Kier alpha value is -2.82. The maximum Gasteiger partial charge on any atom is 0.131 e. The van der Waals surface area contributed by atoms with Crippen LogP contribution in [0.4, 0.5) is 35.1 Å². The molecule has 4 atom stereocenters. The molecule has 2 saturated carbocycles. The summed E-state index contributed by atoms with van der Waals surface area (Å²) >= 11 is 0. The zero-order valence-electron chi connectivity index (χ0n) is 22.7. The highest BCUT2D eigenvalue weighted by Crippen LogP contribution is 2.59. The van der Waals surface area contributed by atoms with Crippen molar-refractivity contribution in [2.75, 3.05) is 12.3 Å². The van der Waals surface area contributed by atoms with E-state index in [1.165, 1.54) is 0 Å². The van der Waals surface area contributed by atoms with E-state index in [1.807, 2.05) is 0 Å². The zero-order valence-corrected chi connectivity index (χ0v) is 24.5. The highest BCUT2D eigenvalue weighted by molar-refractivity contribution is 7.73. The van der Waals surface area contributed by atoms with E-state index < -0.39 is 62.4 Å². The quantitative estimate of drug-likeness (QED) is 0.136. The molecule has 2 aliphatic carbocycles. The van der Waals surface area contributed by atoms with Gasteiger partial charge in [0.25, 0.3) is 0 Å². The number of benzene rings is 4. The second-order valence-corrected chi connectivity index (χ2v) is 15.6. The van der Waals surface area contributed by atoms with Crippen molar-refractivity contribution in [3.63, 3.8) is 0 Å². The second kappa shape index (κ2) is 12.3. The molecule has 2 bridgehead atoms. The van der Waals surface area contributed by atoms with Crippen molar-refractivity contribution >= 4 is 37.1 Å². The van der Waals surface area contributed by atoms with Gasteiger partial charge in [0.1, 0.15) is 46.5 Å². The Morgan fingerprint density at radius 3 is 1.00 bits per heavy atom. The topological polar surface area (TPSA) is 0 Å². The fraction of sp³-hybridized carbons (Fsp3) is 0.273. The number of halogens is 8. The monoisotopic (exact) mass is 636 g/mol. The van der Waals surface area contributed by atoms with Crippen molar-refractivity contribution in [2.24, 2.45) is 23.7 Å². The molecule has 224 valence electrons. The first-order valence-corrected chi connectivity index (χ1v) is 17.0. The van der Waals surface area contributed by atoms with Crippen molar-refractivity contribution in [1.82, 2.24) is 0 Å². The van der Waals surface area contributed by atoms with Crippen LogP contribution in [0, 0.1) is 70.2 Å². The summed E-state index contributed by atoms with van der Waals surface area (Å²) in [6.07, 6.45) is 2.86. The highest BCUT2D eigenvalue weighted by atomic mass is 31.1. The summed E-state index contributed by atoms with van der Waals surface area (Å²) < 4.78 is 118. The minimum atomic E-state index is -1.92. The van der Waals surface area contributed by atoms with Gasteiger partial charge in [-0.25, -0.2) is 35.1 Å². The normalized spacial score (nSPS) is 21.3. The fourth-order valence-electron chi connectivity index (χ4n) is 6.94. The van der Waals surface area contributed by atoms with Gasteiger partial charge in [0.2, 0.25) is 0 Å². The SMILES string of the molecule is Fc1ccc(F)c(P(CC2C3CCC(C3)C2CP(c2cc(F)ccc2F)c2cc(F)ccc2F)c2cc(F)ccc2F)c1. The molecule has 4 unspecified atom stereocenters. The van der Waals surface area contributed by atoms with Gasteiger partial charge in [-0.2, -0.15) is 0 Å². The predicted octanol–water partition coefficient (Wildman–Crippen LogP) is 8.03. The van der Waals surface area contributed by atoms with E-state index in [2.05, 4.69) is 0 Å². The van der Waals surface area contributed by atoms with Gasteiger partial charge in [0, 0.05) is 21.2 Å². The van der Waals surface area contributed by atoms with Crippen molar-refractivity contribution in [2.45, 2.75) is 19.3 Å². The molecule has 2 fully saturated rings. The number of fused-ring (bicyclic) bond motifs is 2. The molecular formula is C33H26F8P2. The largest absolute Gasteiger partial charge is 0.207 e. The summed E-state index contributed by atoms with van der Waals surface area (Å²) in [5, 5.41) is -0.183. The van der Waals surface area contributed by atoms with Crippen LogP contribution in [-0.2, 0) is 0 Å². The van der Waals surface area contributed by atoms with Gasteiger partial charge in [0.05, 0.1) is 0 Å². The first-order chi connectivity index (χ1) is 20.6. The van der Waals surface area contributed by atoms with Gasteiger partial charge in [-0.1, -0.05) is 0 Å². The lowest BCUT2D eigenvalue weighted by Gasteiger charge is -2.36. The average molecular weight is 637 g/mol. The molecule has 10 heteroatoms. The van der Waals surface area contributed by atoms with E-state index in [0.717, 1.165) is 92.1 Å². The fourth-order valence-corrected chi connectivity index (χ4v) is 12.7. The number of hydrogen-bond donors (Lipinski definition) is 0. The summed E-state index contributed by atoms with van der Waals surface area (Å²) in [6, 6.07) is 11.8. The first kappa shape index (κ1) is 30.2. The Labute approximate surface area is 246 Å². The molecular weight excluding hydrogens is 610 g/mol. The van der Waals surface area contributed by atoms with Crippen LogP contribution in [0.25, 0.3) is 0 Å². The number of hydrogen-bond acceptors (Lipinski definition) is 0. The van der Waals surface area contributed by atoms with E-state index in [9.17, 15) is 17.6 Å². The Morgan fingerprint density at radius 2 is 0.721 bits per heavy atom. The Kier molecular flexibility index (Phi) is 8.63. The van der Waals surface area contributed by atoms with Crippen molar-refractivity contribution in [3.8, 4) is 0 Å². The predicted molar refractivity (Wildman–Crippen MR) is 155 cm³/mol. The van der Waals surface area contributed by atoms with Crippen molar-refractivity contribution in [1.29, 1.82) is 0 Å². The molecule has 0 radical (unpaired) electrons. The molecule has 0 amide bonds. The van der Waals surface area contributed by atoms with E-state index in [1.54, 1.807) is 0 Å².